The fourth-order valence-electron chi connectivity index (χ4n) is 7.36. The molecule has 1 heterocycles. The molecule has 5 aliphatic rings. The maximum absolute atomic E-state index is 13.5. The van der Waals surface area contributed by atoms with Crippen LogP contribution in [0.4, 0.5) is 0 Å². The summed E-state index contributed by atoms with van der Waals surface area (Å²) in [4.78, 5) is 19.9. The van der Waals surface area contributed by atoms with E-state index in [2.05, 4.69) is 30.5 Å². The number of amides is 1. The van der Waals surface area contributed by atoms with Gasteiger partial charge < -0.3 is 4.90 Å². The van der Waals surface area contributed by atoms with E-state index in [1.165, 1.54) is 38.5 Å². The number of hydrogen-bond donors (Lipinski definition) is 0. The van der Waals surface area contributed by atoms with Crippen molar-refractivity contribution in [1.82, 2.24) is 4.90 Å². The molecule has 5 rings (SSSR count). The maximum Gasteiger partial charge on any atom is 0.228 e. The summed E-state index contributed by atoms with van der Waals surface area (Å²) >= 11 is 0. The third kappa shape index (κ3) is 2.37. The van der Waals surface area contributed by atoms with Gasteiger partial charge in [0.2, 0.25) is 5.91 Å². The summed E-state index contributed by atoms with van der Waals surface area (Å²) in [5, 5.41) is 0. The van der Waals surface area contributed by atoms with Crippen molar-refractivity contribution in [3.05, 3.63) is 0 Å². The molecule has 0 N–H and O–H groups in total. The van der Waals surface area contributed by atoms with Gasteiger partial charge in [0.1, 0.15) is 0 Å². The summed E-state index contributed by atoms with van der Waals surface area (Å²) < 4.78 is 0. The van der Waals surface area contributed by atoms with E-state index in [1.54, 1.807) is 0 Å². The van der Waals surface area contributed by atoms with Crippen LogP contribution in [0.2, 0.25) is 0 Å². The second-order valence-corrected chi connectivity index (χ2v) is 9.66. The summed E-state index contributed by atoms with van der Waals surface area (Å²) in [6, 6.07) is 0.370. The summed E-state index contributed by atoms with van der Waals surface area (Å²) in [5.74, 6) is 1.29. The fourth-order valence-corrected chi connectivity index (χ4v) is 7.36. The number of nitrogens with zero attached hydrogens (tertiary/aromatic N) is 2. The Hall–Kier alpha value is -0.860. The van der Waals surface area contributed by atoms with Crippen LogP contribution in [0.5, 0.6) is 0 Å². The lowest BCUT2D eigenvalue weighted by molar-refractivity contribution is -0.183. The number of rotatable bonds is 3. The Bertz CT molecular complexity index is 524. The summed E-state index contributed by atoms with van der Waals surface area (Å²) in [6.45, 7) is 10.3. The van der Waals surface area contributed by atoms with Crippen LogP contribution in [-0.4, -0.2) is 36.7 Å². The minimum Gasteiger partial charge on any atom is -0.342 e. The van der Waals surface area contributed by atoms with Crippen LogP contribution < -0.4 is 0 Å². The van der Waals surface area contributed by atoms with E-state index in [4.69, 9.17) is 0 Å². The van der Waals surface area contributed by atoms with E-state index in [0.717, 1.165) is 38.3 Å². The van der Waals surface area contributed by atoms with Gasteiger partial charge in [-0.05, 0) is 74.8 Å². The van der Waals surface area contributed by atoms with Crippen LogP contribution in [0.15, 0.2) is 4.99 Å². The maximum atomic E-state index is 13.5. The first kappa shape index (κ1) is 15.7. The molecule has 128 valence electrons. The Balaban J connectivity index is 1.58. The molecule has 1 aliphatic heterocycles. The van der Waals surface area contributed by atoms with Crippen LogP contribution in [0.3, 0.4) is 0 Å². The zero-order chi connectivity index (χ0) is 16.3. The highest BCUT2D eigenvalue weighted by Crippen LogP contribution is 2.70. The topological polar surface area (TPSA) is 32.7 Å². The number of piperidine rings is 1. The van der Waals surface area contributed by atoms with Crippen molar-refractivity contribution < 1.29 is 4.79 Å². The molecule has 0 aromatic rings. The van der Waals surface area contributed by atoms with E-state index < -0.39 is 0 Å². The van der Waals surface area contributed by atoms with Gasteiger partial charge in [0.15, 0.2) is 0 Å². The van der Waals surface area contributed by atoms with Crippen LogP contribution in [0, 0.1) is 22.2 Å². The quantitative estimate of drug-likeness (QED) is 0.723. The van der Waals surface area contributed by atoms with E-state index in [9.17, 15) is 4.79 Å². The number of carbonyl (C=O) groups excluding carboxylic acids is 1. The molecule has 0 aromatic carbocycles. The average Bonchev–Trinajstić information content (AvgIpc) is 2.52. The highest BCUT2D eigenvalue weighted by molar-refractivity contribution is 5.83. The van der Waals surface area contributed by atoms with Gasteiger partial charge in [-0.1, -0.05) is 20.3 Å². The average molecular weight is 316 g/mol. The summed E-state index contributed by atoms with van der Waals surface area (Å²) in [6.07, 6.45) is 10.9. The van der Waals surface area contributed by atoms with Crippen LogP contribution in [0.1, 0.15) is 71.6 Å². The highest BCUT2D eigenvalue weighted by Gasteiger charge is 2.64. The zero-order valence-corrected chi connectivity index (χ0v) is 14.9. The van der Waals surface area contributed by atoms with Gasteiger partial charge in [-0.3, -0.25) is 9.79 Å². The molecular formula is C20H32N2O. The second kappa shape index (κ2) is 5.07. The smallest absolute Gasteiger partial charge is 0.228 e. The first-order valence-electron chi connectivity index (χ1n) is 9.67. The number of hydrogen-bond acceptors (Lipinski definition) is 2. The minimum atomic E-state index is -0.0291. The monoisotopic (exact) mass is 316 g/mol. The van der Waals surface area contributed by atoms with Crippen molar-refractivity contribution in [3.63, 3.8) is 0 Å². The van der Waals surface area contributed by atoms with Gasteiger partial charge in [0, 0.05) is 13.1 Å². The molecule has 3 nitrogen and oxygen atoms in total. The molecule has 1 saturated heterocycles. The van der Waals surface area contributed by atoms with Gasteiger partial charge >= 0.3 is 0 Å². The Morgan fingerprint density at radius 3 is 2.52 bits per heavy atom. The normalized spacial score (nSPS) is 46.2. The molecule has 3 heteroatoms. The minimum absolute atomic E-state index is 0.0291. The zero-order valence-electron chi connectivity index (χ0n) is 14.9. The third-order valence-corrected chi connectivity index (χ3v) is 7.68. The standard InChI is InChI=1S/C20H32N2O/c1-4-19-10-15-9-18(2,12-19)13-20(11-15,14-19)17(23)22-7-5-16(21-3)6-8-22/h15-16H,3-14H2,1-2H3. The van der Waals surface area contributed by atoms with Crippen LogP contribution in [0.25, 0.3) is 0 Å². The molecule has 1 amide bonds. The van der Waals surface area contributed by atoms with Crippen molar-refractivity contribution >= 4 is 12.6 Å². The number of carbonyl (C=O) groups is 1. The molecule has 0 aromatic heterocycles. The molecule has 5 fully saturated rings. The molecule has 4 bridgehead atoms. The Morgan fingerprint density at radius 2 is 1.91 bits per heavy atom. The van der Waals surface area contributed by atoms with Crippen molar-refractivity contribution in [3.8, 4) is 0 Å². The molecule has 4 aliphatic carbocycles. The van der Waals surface area contributed by atoms with Gasteiger partial charge in [-0.2, -0.15) is 0 Å². The molecule has 0 spiro atoms. The Kier molecular flexibility index (Phi) is 3.45. The molecule has 0 radical (unpaired) electrons. The summed E-state index contributed by atoms with van der Waals surface area (Å²) in [7, 11) is 0. The first-order chi connectivity index (χ1) is 10.9. The molecule has 4 unspecified atom stereocenters. The lowest BCUT2D eigenvalue weighted by Crippen LogP contribution is -2.61. The lowest BCUT2D eigenvalue weighted by Gasteiger charge is -2.66. The van der Waals surface area contributed by atoms with E-state index in [1.807, 2.05) is 0 Å². The van der Waals surface area contributed by atoms with E-state index in [0.29, 0.717) is 22.8 Å². The van der Waals surface area contributed by atoms with Crippen molar-refractivity contribution in [2.45, 2.75) is 77.7 Å². The third-order valence-electron chi connectivity index (χ3n) is 7.68. The van der Waals surface area contributed by atoms with Gasteiger partial charge in [-0.25, -0.2) is 0 Å². The van der Waals surface area contributed by atoms with Crippen LogP contribution in [-0.2, 0) is 4.79 Å². The highest BCUT2D eigenvalue weighted by atomic mass is 16.2. The predicted molar refractivity (Wildman–Crippen MR) is 93.6 cm³/mol. The molecule has 4 atom stereocenters. The molecular weight excluding hydrogens is 284 g/mol. The van der Waals surface area contributed by atoms with Crippen LogP contribution >= 0.6 is 0 Å². The lowest BCUT2D eigenvalue weighted by atomic mass is 9.39. The Morgan fingerprint density at radius 1 is 1.17 bits per heavy atom. The van der Waals surface area contributed by atoms with Crippen molar-refractivity contribution in [2.75, 3.05) is 13.1 Å². The number of aliphatic imine (C=N–C) groups is 1. The summed E-state index contributed by atoms with van der Waals surface area (Å²) in [5.41, 5.74) is 0.857. The first-order valence-corrected chi connectivity index (χ1v) is 9.67. The molecule has 4 saturated carbocycles. The fraction of sp³-hybridized carbons (Fsp3) is 0.900. The Labute approximate surface area is 140 Å². The molecule has 23 heavy (non-hydrogen) atoms. The van der Waals surface area contributed by atoms with Gasteiger partial charge in [0.05, 0.1) is 11.5 Å². The van der Waals surface area contributed by atoms with Crippen molar-refractivity contribution in [2.24, 2.45) is 27.2 Å². The van der Waals surface area contributed by atoms with E-state index >= 15 is 0 Å². The van der Waals surface area contributed by atoms with Gasteiger partial charge in [0.25, 0.3) is 0 Å². The predicted octanol–water partition coefficient (Wildman–Crippen LogP) is 4.06. The second-order valence-electron chi connectivity index (χ2n) is 9.66. The SMILES string of the molecule is C=NC1CCN(C(=O)C23CC4CC(C)(CC(CC)(C4)C2)C3)CC1. The van der Waals surface area contributed by atoms with E-state index in [-0.39, 0.29) is 5.41 Å². The number of likely N-dealkylation sites (tertiary alicyclic amines) is 1. The van der Waals surface area contributed by atoms with Crippen molar-refractivity contribution in [1.29, 1.82) is 0 Å². The largest absolute Gasteiger partial charge is 0.342 e. The van der Waals surface area contributed by atoms with Gasteiger partial charge in [-0.15, -0.1) is 0 Å².